The number of para-hydroxylation sites is 1. The number of methoxy groups -OCH3 is 1. The fourth-order valence-electron chi connectivity index (χ4n) is 5.34. The Morgan fingerprint density at radius 3 is 2.60 bits per heavy atom. The number of benzene rings is 1. The zero-order valence-electron chi connectivity index (χ0n) is 15.5. The average molecular weight is 346 g/mol. The summed E-state index contributed by atoms with van der Waals surface area (Å²) in [7, 11) is 1.73. The first-order valence-corrected chi connectivity index (χ1v) is 9.57. The molecule has 0 unspecified atom stereocenters. The van der Waals surface area contributed by atoms with Gasteiger partial charge in [0.2, 0.25) is 0 Å². The van der Waals surface area contributed by atoms with Crippen molar-refractivity contribution in [2.45, 2.75) is 63.4 Å². The van der Waals surface area contributed by atoms with Crippen LogP contribution in [0.3, 0.4) is 0 Å². The van der Waals surface area contributed by atoms with E-state index in [4.69, 9.17) is 14.2 Å². The first-order valence-electron chi connectivity index (χ1n) is 9.57. The van der Waals surface area contributed by atoms with Crippen molar-refractivity contribution in [3.05, 3.63) is 30.3 Å². The summed E-state index contributed by atoms with van der Waals surface area (Å²) in [5, 5.41) is 10.7. The molecule has 0 bridgehead atoms. The van der Waals surface area contributed by atoms with E-state index in [1.165, 1.54) is 12.8 Å². The monoisotopic (exact) mass is 346 g/mol. The van der Waals surface area contributed by atoms with Crippen LogP contribution >= 0.6 is 0 Å². The Morgan fingerprint density at radius 2 is 1.96 bits per heavy atom. The van der Waals surface area contributed by atoms with Gasteiger partial charge in [0.15, 0.2) is 0 Å². The maximum Gasteiger partial charge on any atom is 0.119 e. The van der Waals surface area contributed by atoms with Gasteiger partial charge in [-0.05, 0) is 49.7 Å². The van der Waals surface area contributed by atoms with E-state index in [0.717, 1.165) is 18.6 Å². The molecule has 4 rings (SSSR count). The smallest absolute Gasteiger partial charge is 0.119 e. The van der Waals surface area contributed by atoms with Crippen LogP contribution < -0.4 is 4.74 Å². The van der Waals surface area contributed by atoms with Crippen LogP contribution in [-0.2, 0) is 9.47 Å². The Kier molecular flexibility index (Phi) is 4.33. The van der Waals surface area contributed by atoms with Gasteiger partial charge in [-0.2, -0.15) is 0 Å². The Morgan fingerprint density at radius 1 is 1.24 bits per heavy atom. The molecule has 25 heavy (non-hydrogen) atoms. The van der Waals surface area contributed by atoms with Crippen molar-refractivity contribution in [3.63, 3.8) is 0 Å². The van der Waals surface area contributed by atoms with Crippen LogP contribution in [0.2, 0.25) is 0 Å². The molecule has 4 heteroatoms. The summed E-state index contributed by atoms with van der Waals surface area (Å²) < 4.78 is 17.8. The largest absolute Gasteiger partial charge is 0.493 e. The van der Waals surface area contributed by atoms with Gasteiger partial charge in [-0.15, -0.1) is 0 Å². The maximum absolute atomic E-state index is 10.7. The quantitative estimate of drug-likeness (QED) is 0.802. The second-order valence-electron chi connectivity index (χ2n) is 8.45. The lowest BCUT2D eigenvalue weighted by Gasteiger charge is -2.46. The molecule has 0 amide bonds. The van der Waals surface area contributed by atoms with Gasteiger partial charge in [-0.25, -0.2) is 0 Å². The molecule has 3 fully saturated rings. The molecule has 1 spiro atoms. The van der Waals surface area contributed by atoms with E-state index < -0.39 is 6.10 Å². The van der Waals surface area contributed by atoms with Crippen LogP contribution in [0.25, 0.3) is 0 Å². The molecule has 1 saturated heterocycles. The molecule has 4 nitrogen and oxygen atoms in total. The fraction of sp³-hybridized carbons (Fsp3) is 0.714. The van der Waals surface area contributed by atoms with Gasteiger partial charge in [0, 0.05) is 19.4 Å². The number of hydrogen-bond donors (Lipinski definition) is 1. The second kappa shape index (κ2) is 6.26. The van der Waals surface area contributed by atoms with Gasteiger partial charge in [0.1, 0.15) is 5.75 Å². The third-order valence-corrected chi connectivity index (χ3v) is 6.79. The minimum absolute atomic E-state index is 0.128. The molecule has 1 aromatic carbocycles. The summed E-state index contributed by atoms with van der Waals surface area (Å²) in [5.74, 6) is 1.48. The lowest BCUT2D eigenvalue weighted by atomic mass is 9.63. The molecule has 1 aromatic rings. The molecule has 138 valence electrons. The number of hydrogen-bond acceptors (Lipinski definition) is 4. The van der Waals surface area contributed by atoms with Crippen molar-refractivity contribution in [2.75, 3.05) is 13.7 Å². The SMILES string of the molecule is CO[C@@H]1[C@H](O)[C@H](C)CC2(CC2)[C@H]1[C@@]1(C)O[C@@H]1CCOc1ccccc1. The third-order valence-electron chi connectivity index (χ3n) is 6.79. The van der Waals surface area contributed by atoms with E-state index in [1.807, 2.05) is 30.3 Å². The van der Waals surface area contributed by atoms with Gasteiger partial charge in [0.05, 0.1) is 30.5 Å². The highest BCUT2D eigenvalue weighted by molar-refractivity contribution is 5.21. The number of ether oxygens (including phenoxy) is 3. The van der Waals surface area contributed by atoms with E-state index >= 15 is 0 Å². The minimum Gasteiger partial charge on any atom is -0.493 e. The fourth-order valence-corrected chi connectivity index (χ4v) is 5.34. The van der Waals surface area contributed by atoms with E-state index in [1.54, 1.807) is 7.11 Å². The number of aliphatic hydroxyl groups is 1. The number of epoxide rings is 1. The lowest BCUT2D eigenvalue weighted by molar-refractivity contribution is -0.138. The van der Waals surface area contributed by atoms with Gasteiger partial charge in [-0.1, -0.05) is 25.1 Å². The molecule has 0 radical (unpaired) electrons. The predicted molar refractivity (Wildman–Crippen MR) is 95.6 cm³/mol. The molecule has 2 aliphatic carbocycles. The normalized spacial score (nSPS) is 41.5. The maximum atomic E-state index is 10.7. The molecular weight excluding hydrogens is 316 g/mol. The van der Waals surface area contributed by atoms with Crippen LogP contribution in [0, 0.1) is 17.3 Å². The van der Waals surface area contributed by atoms with Crippen molar-refractivity contribution >= 4 is 0 Å². The Hall–Kier alpha value is -1.10. The molecule has 1 heterocycles. The number of aliphatic hydroxyl groups excluding tert-OH is 1. The van der Waals surface area contributed by atoms with Crippen LogP contribution in [0.15, 0.2) is 30.3 Å². The summed E-state index contributed by atoms with van der Waals surface area (Å²) in [6.07, 6.45) is 4.10. The van der Waals surface area contributed by atoms with E-state index in [9.17, 15) is 5.11 Å². The summed E-state index contributed by atoms with van der Waals surface area (Å²) in [5.41, 5.74) is 0.113. The highest BCUT2D eigenvalue weighted by Crippen LogP contribution is 2.68. The Bertz CT molecular complexity index is 599. The van der Waals surface area contributed by atoms with Crippen LogP contribution in [0.1, 0.15) is 39.5 Å². The van der Waals surface area contributed by atoms with Crippen molar-refractivity contribution in [3.8, 4) is 5.75 Å². The second-order valence-corrected chi connectivity index (χ2v) is 8.45. The van der Waals surface area contributed by atoms with Gasteiger partial charge < -0.3 is 19.3 Å². The summed E-state index contributed by atoms with van der Waals surface area (Å²) in [4.78, 5) is 0. The standard InChI is InChI=1S/C21H30O4/c1-14-13-21(10-11-21)19(18(23-3)17(14)22)20(2)16(25-20)9-12-24-15-7-5-4-6-8-15/h4-8,14,16-19,22H,9-13H2,1-3H3/t14-,16-,17-,18-,19-,20+/m1/s1. The summed E-state index contributed by atoms with van der Waals surface area (Å²) in [6.45, 7) is 5.01. The zero-order valence-corrected chi connectivity index (χ0v) is 15.5. The molecule has 6 atom stereocenters. The van der Waals surface area contributed by atoms with Crippen LogP contribution in [-0.4, -0.2) is 42.7 Å². The highest BCUT2D eigenvalue weighted by atomic mass is 16.6. The van der Waals surface area contributed by atoms with Crippen molar-refractivity contribution in [2.24, 2.45) is 17.3 Å². The average Bonchev–Trinajstić information content (AvgIpc) is 3.51. The predicted octanol–water partition coefficient (Wildman–Crippen LogP) is 3.43. The van der Waals surface area contributed by atoms with Gasteiger partial charge in [0.25, 0.3) is 0 Å². The molecular formula is C21H30O4. The van der Waals surface area contributed by atoms with Crippen LogP contribution in [0.5, 0.6) is 5.75 Å². The van der Waals surface area contributed by atoms with E-state index in [0.29, 0.717) is 17.9 Å². The number of rotatable bonds is 6. The van der Waals surface area contributed by atoms with Crippen LogP contribution in [0.4, 0.5) is 0 Å². The minimum atomic E-state index is -0.400. The molecule has 2 saturated carbocycles. The first kappa shape index (κ1) is 17.3. The third kappa shape index (κ3) is 2.98. The van der Waals surface area contributed by atoms with Crippen molar-refractivity contribution < 1.29 is 19.3 Å². The highest BCUT2D eigenvalue weighted by Gasteiger charge is 2.71. The summed E-state index contributed by atoms with van der Waals surface area (Å²) >= 11 is 0. The van der Waals surface area contributed by atoms with E-state index in [2.05, 4.69) is 13.8 Å². The Balaban J connectivity index is 1.40. The van der Waals surface area contributed by atoms with Crippen molar-refractivity contribution in [1.82, 2.24) is 0 Å². The molecule has 0 aromatic heterocycles. The Labute approximate surface area is 150 Å². The lowest BCUT2D eigenvalue weighted by Crippen LogP contribution is -2.54. The zero-order chi connectivity index (χ0) is 17.7. The van der Waals surface area contributed by atoms with Crippen molar-refractivity contribution in [1.29, 1.82) is 0 Å². The topological polar surface area (TPSA) is 51.2 Å². The molecule has 1 N–H and O–H groups in total. The van der Waals surface area contributed by atoms with Gasteiger partial charge >= 0.3 is 0 Å². The molecule has 3 aliphatic rings. The van der Waals surface area contributed by atoms with Gasteiger partial charge in [-0.3, -0.25) is 0 Å². The van der Waals surface area contributed by atoms with E-state index in [-0.39, 0.29) is 23.7 Å². The molecule has 1 aliphatic heterocycles. The first-order chi connectivity index (χ1) is 12.0. The summed E-state index contributed by atoms with van der Waals surface area (Å²) in [6, 6.07) is 9.91.